The quantitative estimate of drug-likeness (QED) is 0.763. The van der Waals surface area contributed by atoms with Crippen LogP contribution in [0.3, 0.4) is 0 Å². The van der Waals surface area contributed by atoms with E-state index in [1.165, 1.54) is 22.7 Å². The van der Waals surface area contributed by atoms with Crippen molar-refractivity contribution < 1.29 is 9.53 Å². The Morgan fingerprint density at radius 1 is 1.26 bits per heavy atom. The van der Waals surface area contributed by atoms with Gasteiger partial charge >= 0.3 is 0 Å². The molecule has 0 unspecified atom stereocenters. The van der Waals surface area contributed by atoms with Crippen LogP contribution in [0.1, 0.15) is 20.4 Å². The molecule has 1 amide bonds. The lowest BCUT2D eigenvalue weighted by atomic mass is 10.3. The fourth-order valence-corrected chi connectivity index (χ4v) is 3.54. The molecule has 3 aromatic heterocycles. The van der Waals surface area contributed by atoms with Crippen LogP contribution >= 0.6 is 22.7 Å². The number of ether oxygens (including phenoxy) is 1. The molecular weight excluding hydrogens is 334 g/mol. The van der Waals surface area contributed by atoms with Gasteiger partial charge in [-0.3, -0.25) is 15.1 Å². The Balaban J connectivity index is 1.78. The first-order valence-corrected chi connectivity index (χ1v) is 8.31. The Labute approximate surface area is 140 Å². The van der Waals surface area contributed by atoms with Crippen molar-refractivity contribution in [2.75, 3.05) is 12.4 Å². The normalized spacial score (nSPS) is 10.7. The Bertz CT molecular complexity index is 816. The van der Waals surface area contributed by atoms with Crippen LogP contribution in [0.15, 0.2) is 24.5 Å². The molecule has 7 nitrogen and oxygen atoms in total. The first-order valence-electron chi connectivity index (χ1n) is 6.68. The van der Waals surface area contributed by atoms with Crippen LogP contribution in [0.5, 0.6) is 0 Å². The Kier molecular flexibility index (Phi) is 4.70. The van der Waals surface area contributed by atoms with E-state index in [1.54, 1.807) is 19.5 Å². The number of rotatable bonds is 5. The molecule has 0 aliphatic carbocycles. The highest BCUT2D eigenvalue weighted by molar-refractivity contribution is 7.17. The Morgan fingerprint density at radius 2 is 2.04 bits per heavy atom. The molecule has 0 aliphatic rings. The number of aryl methyl sites for hydroxylation is 1. The average molecular weight is 347 g/mol. The minimum Gasteiger partial charge on any atom is -0.377 e. The molecular formula is C14H13N5O2S2. The summed E-state index contributed by atoms with van der Waals surface area (Å²) in [5.74, 6) is -0.236. The van der Waals surface area contributed by atoms with Gasteiger partial charge in [-0.2, -0.15) is 0 Å². The van der Waals surface area contributed by atoms with E-state index in [1.807, 2.05) is 19.1 Å². The van der Waals surface area contributed by atoms with Gasteiger partial charge in [0.25, 0.3) is 5.91 Å². The molecule has 0 saturated heterocycles. The summed E-state index contributed by atoms with van der Waals surface area (Å²) in [4.78, 5) is 21.4. The van der Waals surface area contributed by atoms with Crippen molar-refractivity contribution in [2.24, 2.45) is 0 Å². The van der Waals surface area contributed by atoms with Crippen LogP contribution in [-0.4, -0.2) is 33.2 Å². The summed E-state index contributed by atoms with van der Waals surface area (Å²) >= 11 is 2.62. The molecule has 23 heavy (non-hydrogen) atoms. The first-order chi connectivity index (χ1) is 11.2. The summed E-state index contributed by atoms with van der Waals surface area (Å²) in [5.41, 5.74) is 1.62. The minimum absolute atomic E-state index is 0.236. The van der Waals surface area contributed by atoms with Crippen molar-refractivity contribution in [3.63, 3.8) is 0 Å². The molecule has 0 aromatic carbocycles. The van der Waals surface area contributed by atoms with E-state index in [4.69, 9.17) is 4.74 Å². The Hall–Kier alpha value is -2.23. The maximum Gasteiger partial charge on any atom is 0.269 e. The van der Waals surface area contributed by atoms with E-state index in [0.717, 1.165) is 10.6 Å². The summed E-state index contributed by atoms with van der Waals surface area (Å²) in [6, 6.07) is 3.73. The van der Waals surface area contributed by atoms with Gasteiger partial charge < -0.3 is 4.74 Å². The molecule has 3 heterocycles. The molecule has 9 heteroatoms. The van der Waals surface area contributed by atoms with Gasteiger partial charge in [-0.15, -0.1) is 21.5 Å². The van der Waals surface area contributed by atoms with Crippen LogP contribution in [-0.2, 0) is 11.3 Å². The first kappa shape index (κ1) is 15.7. The van der Waals surface area contributed by atoms with Gasteiger partial charge in [0.05, 0.1) is 5.69 Å². The number of methoxy groups -OCH3 is 1. The maximum absolute atomic E-state index is 12.4. The van der Waals surface area contributed by atoms with E-state index in [0.29, 0.717) is 27.3 Å². The third-order valence-electron chi connectivity index (χ3n) is 2.89. The van der Waals surface area contributed by atoms with E-state index >= 15 is 0 Å². The van der Waals surface area contributed by atoms with Crippen LogP contribution in [0, 0.1) is 6.92 Å². The number of pyridine rings is 1. The number of aromatic nitrogens is 4. The van der Waals surface area contributed by atoms with Gasteiger partial charge in [0.1, 0.15) is 21.5 Å². The van der Waals surface area contributed by atoms with Crippen molar-refractivity contribution in [3.05, 3.63) is 40.1 Å². The van der Waals surface area contributed by atoms with Crippen LogP contribution < -0.4 is 5.32 Å². The molecule has 0 aliphatic heterocycles. The fourth-order valence-electron chi connectivity index (χ4n) is 1.86. The monoisotopic (exact) mass is 347 g/mol. The SMILES string of the molecule is COCc1nnc(NC(=O)c2sc(-c3ccncc3)nc2C)s1. The minimum atomic E-state index is -0.236. The van der Waals surface area contributed by atoms with Gasteiger partial charge in [-0.05, 0) is 19.1 Å². The standard InChI is InChI=1S/C14H13N5O2S2/c1-8-11(23-13(16-8)9-3-5-15-6-4-9)12(20)17-14-19-18-10(22-14)7-21-2/h3-6H,7H2,1-2H3,(H,17,19,20). The van der Waals surface area contributed by atoms with Crippen molar-refractivity contribution in [3.8, 4) is 10.6 Å². The number of amides is 1. The van der Waals surface area contributed by atoms with Gasteiger partial charge in [-0.25, -0.2) is 4.98 Å². The number of nitrogens with one attached hydrogen (secondary N) is 1. The summed E-state index contributed by atoms with van der Waals surface area (Å²) in [6.45, 7) is 2.19. The molecule has 3 rings (SSSR count). The third kappa shape index (κ3) is 3.58. The highest BCUT2D eigenvalue weighted by Gasteiger charge is 2.18. The third-order valence-corrected chi connectivity index (χ3v) is 4.90. The van der Waals surface area contributed by atoms with Crippen molar-refractivity contribution in [2.45, 2.75) is 13.5 Å². The predicted molar refractivity (Wildman–Crippen MR) is 88.7 cm³/mol. The summed E-state index contributed by atoms with van der Waals surface area (Å²) in [6.07, 6.45) is 3.40. The average Bonchev–Trinajstić information content (AvgIpc) is 3.15. The number of nitrogens with zero attached hydrogens (tertiary/aromatic N) is 4. The summed E-state index contributed by atoms with van der Waals surface area (Å²) < 4.78 is 4.98. The van der Waals surface area contributed by atoms with Gasteiger partial charge in [0.15, 0.2) is 0 Å². The molecule has 0 fully saturated rings. The zero-order valence-corrected chi connectivity index (χ0v) is 14.1. The summed E-state index contributed by atoms with van der Waals surface area (Å²) in [5, 5.41) is 12.6. The van der Waals surface area contributed by atoms with E-state index in [2.05, 4.69) is 25.5 Å². The highest BCUT2D eigenvalue weighted by atomic mass is 32.1. The zero-order valence-electron chi connectivity index (χ0n) is 12.4. The number of hydrogen-bond donors (Lipinski definition) is 1. The number of thiazole rings is 1. The second-order valence-corrected chi connectivity index (χ2v) is 6.62. The maximum atomic E-state index is 12.4. The van der Waals surface area contributed by atoms with Gasteiger partial charge in [0.2, 0.25) is 5.13 Å². The van der Waals surface area contributed by atoms with Gasteiger partial charge in [-0.1, -0.05) is 11.3 Å². The Morgan fingerprint density at radius 3 is 2.78 bits per heavy atom. The van der Waals surface area contributed by atoms with Crippen molar-refractivity contribution in [1.82, 2.24) is 20.2 Å². The van der Waals surface area contributed by atoms with Crippen LogP contribution in [0.25, 0.3) is 10.6 Å². The second-order valence-electron chi connectivity index (χ2n) is 4.56. The number of hydrogen-bond acceptors (Lipinski definition) is 8. The topological polar surface area (TPSA) is 89.9 Å². The van der Waals surface area contributed by atoms with E-state index in [9.17, 15) is 4.79 Å². The number of carbonyl (C=O) groups excluding carboxylic acids is 1. The van der Waals surface area contributed by atoms with E-state index in [-0.39, 0.29) is 5.91 Å². The zero-order chi connectivity index (χ0) is 16.2. The largest absolute Gasteiger partial charge is 0.377 e. The van der Waals surface area contributed by atoms with Gasteiger partial charge in [0, 0.05) is 25.1 Å². The lowest BCUT2D eigenvalue weighted by molar-refractivity contribution is 0.102. The molecule has 1 N–H and O–H groups in total. The fraction of sp³-hybridized carbons (Fsp3) is 0.214. The predicted octanol–water partition coefficient (Wildman–Crippen LogP) is 2.76. The molecule has 118 valence electrons. The lowest BCUT2D eigenvalue weighted by Crippen LogP contribution is -2.11. The second kappa shape index (κ2) is 6.90. The molecule has 0 bridgehead atoms. The highest BCUT2D eigenvalue weighted by Crippen LogP contribution is 2.28. The number of anilines is 1. The number of carbonyl (C=O) groups is 1. The van der Waals surface area contributed by atoms with Crippen LogP contribution in [0.4, 0.5) is 5.13 Å². The van der Waals surface area contributed by atoms with Crippen molar-refractivity contribution >= 4 is 33.7 Å². The molecule has 0 spiro atoms. The molecule has 0 radical (unpaired) electrons. The smallest absolute Gasteiger partial charge is 0.269 e. The van der Waals surface area contributed by atoms with Crippen LogP contribution in [0.2, 0.25) is 0 Å². The summed E-state index contributed by atoms with van der Waals surface area (Å²) in [7, 11) is 1.58. The molecule has 0 saturated carbocycles. The van der Waals surface area contributed by atoms with Crippen molar-refractivity contribution in [1.29, 1.82) is 0 Å². The van der Waals surface area contributed by atoms with E-state index < -0.39 is 0 Å². The molecule has 3 aromatic rings. The molecule has 0 atom stereocenters. The lowest BCUT2D eigenvalue weighted by Gasteiger charge is -1.98.